The number of hydrogen-bond acceptors (Lipinski definition) is 2. The van der Waals surface area contributed by atoms with Gasteiger partial charge in [-0.15, -0.1) is 0 Å². The van der Waals surface area contributed by atoms with Crippen molar-refractivity contribution >= 4 is 0 Å². The Morgan fingerprint density at radius 1 is 1.12 bits per heavy atom. The van der Waals surface area contributed by atoms with E-state index in [2.05, 4.69) is 35.6 Å². The summed E-state index contributed by atoms with van der Waals surface area (Å²) in [6.07, 6.45) is 4.92. The maximum absolute atomic E-state index is 5.38. The third-order valence-corrected chi connectivity index (χ3v) is 3.06. The Bertz CT molecular complexity index is 408. The van der Waals surface area contributed by atoms with E-state index in [1.54, 1.807) is 6.26 Å². The van der Waals surface area contributed by atoms with E-state index in [0.29, 0.717) is 6.04 Å². The standard InChI is InChI=1S/C15H19NO/c1-16-14(12-15-8-5-11-17-15)10-9-13-6-3-2-4-7-13/h2-8,11,14,16H,9-10,12H2,1H3. The molecule has 0 saturated carbocycles. The van der Waals surface area contributed by atoms with Gasteiger partial charge in [0, 0.05) is 12.5 Å². The first kappa shape index (κ1) is 11.9. The van der Waals surface area contributed by atoms with Crippen LogP contribution in [-0.4, -0.2) is 13.1 Å². The Balaban J connectivity index is 1.84. The fraction of sp³-hybridized carbons (Fsp3) is 0.333. The van der Waals surface area contributed by atoms with Crippen LogP contribution < -0.4 is 5.32 Å². The summed E-state index contributed by atoms with van der Waals surface area (Å²) in [6.45, 7) is 0. The summed E-state index contributed by atoms with van der Waals surface area (Å²) in [5.74, 6) is 1.05. The van der Waals surface area contributed by atoms with Crippen LogP contribution in [0.25, 0.3) is 0 Å². The van der Waals surface area contributed by atoms with Gasteiger partial charge in [-0.05, 0) is 37.6 Å². The van der Waals surface area contributed by atoms with E-state index in [4.69, 9.17) is 4.42 Å². The average Bonchev–Trinajstić information content (AvgIpc) is 2.88. The van der Waals surface area contributed by atoms with E-state index in [-0.39, 0.29) is 0 Å². The van der Waals surface area contributed by atoms with Gasteiger partial charge in [-0.25, -0.2) is 0 Å². The SMILES string of the molecule is CNC(CCc1ccccc1)Cc1ccco1. The molecule has 1 N–H and O–H groups in total. The Morgan fingerprint density at radius 2 is 1.94 bits per heavy atom. The molecule has 2 heteroatoms. The van der Waals surface area contributed by atoms with Gasteiger partial charge in [0.1, 0.15) is 5.76 Å². The predicted molar refractivity (Wildman–Crippen MR) is 70.0 cm³/mol. The summed E-state index contributed by atoms with van der Waals surface area (Å²) in [5, 5.41) is 3.35. The second-order valence-corrected chi connectivity index (χ2v) is 4.29. The molecule has 0 spiro atoms. The number of nitrogens with one attached hydrogen (secondary N) is 1. The molecule has 0 bridgehead atoms. The summed E-state index contributed by atoms with van der Waals surface area (Å²) in [4.78, 5) is 0. The van der Waals surface area contributed by atoms with Gasteiger partial charge in [0.2, 0.25) is 0 Å². The van der Waals surface area contributed by atoms with Crippen molar-refractivity contribution in [3.63, 3.8) is 0 Å². The Labute approximate surface area is 103 Å². The van der Waals surface area contributed by atoms with Gasteiger partial charge in [0.15, 0.2) is 0 Å². The molecule has 1 heterocycles. The van der Waals surface area contributed by atoms with Crippen LogP contribution in [0.5, 0.6) is 0 Å². The Hall–Kier alpha value is -1.54. The van der Waals surface area contributed by atoms with Gasteiger partial charge in [-0.2, -0.15) is 0 Å². The first-order chi connectivity index (χ1) is 8.38. The zero-order valence-electron chi connectivity index (χ0n) is 10.2. The summed E-state index contributed by atoms with van der Waals surface area (Å²) in [5.41, 5.74) is 1.40. The highest BCUT2D eigenvalue weighted by molar-refractivity contribution is 5.15. The lowest BCUT2D eigenvalue weighted by Crippen LogP contribution is -2.27. The van der Waals surface area contributed by atoms with E-state index >= 15 is 0 Å². The van der Waals surface area contributed by atoms with Crippen molar-refractivity contribution in [2.75, 3.05) is 7.05 Å². The molecule has 0 aliphatic rings. The van der Waals surface area contributed by atoms with Crippen LogP contribution in [0.1, 0.15) is 17.7 Å². The Morgan fingerprint density at radius 3 is 2.59 bits per heavy atom. The highest BCUT2D eigenvalue weighted by Gasteiger charge is 2.09. The summed E-state index contributed by atoms with van der Waals surface area (Å²) in [7, 11) is 2.01. The first-order valence-corrected chi connectivity index (χ1v) is 6.12. The smallest absolute Gasteiger partial charge is 0.105 e. The van der Waals surface area contributed by atoms with Crippen molar-refractivity contribution in [2.45, 2.75) is 25.3 Å². The number of aryl methyl sites for hydroxylation is 1. The predicted octanol–water partition coefficient (Wildman–Crippen LogP) is 3.04. The van der Waals surface area contributed by atoms with E-state index < -0.39 is 0 Å². The molecule has 0 fully saturated rings. The van der Waals surface area contributed by atoms with Crippen LogP contribution in [0.4, 0.5) is 0 Å². The molecule has 1 unspecified atom stereocenters. The van der Waals surface area contributed by atoms with E-state index in [0.717, 1.165) is 25.0 Å². The van der Waals surface area contributed by atoms with Crippen molar-refractivity contribution in [1.82, 2.24) is 5.32 Å². The lowest BCUT2D eigenvalue weighted by Gasteiger charge is -2.14. The molecule has 2 nitrogen and oxygen atoms in total. The van der Waals surface area contributed by atoms with Crippen molar-refractivity contribution < 1.29 is 4.42 Å². The first-order valence-electron chi connectivity index (χ1n) is 6.12. The highest BCUT2D eigenvalue weighted by Crippen LogP contribution is 2.10. The monoisotopic (exact) mass is 229 g/mol. The highest BCUT2D eigenvalue weighted by atomic mass is 16.3. The van der Waals surface area contributed by atoms with E-state index in [1.807, 2.05) is 19.2 Å². The molecular formula is C15H19NO. The molecule has 1 aromatic heterocycles. The number of hydrogen-bond donors (Lipinski definition) is 1. The molecule has 2 aromatic rings. The molecule has 0 amide bonds. The molecule has 0 aliphatic heterocycles. The minimum atomic E-state index is 0.473. The third-order valence-electron chi connectivity index (χ3n) is 3.06. The number of rotatable bonds is 6. The van der Waals surface area contributed by atoms with Crippen molar-refractivity contribution in [3.8, 4) is 0 Å². The van der Waals surface area contributed by atoms with Crippen LogP contribution in [0.3, 0.4) is 0 Å². The van der Waals surface area contributed by atoms with Crippen LogP contribution >= 0.6 is 0 Å². The average molecular weight is 229 g/mol. The number of likely N-dealkylation sites (N-methyl/N-ethyl adjacent to an activating group) is 1. The largest absolute Gasteiger partial charge is 0.469 e. The van der Waals surface area contributed by atoms with Gasteiger partial charge in [-0.1, -0.05) is 30.3 Å². The lowest BCUT2D eigenvalue weighted by molar-refractivity contribution is 0.443. The number of furan rings is 1. The minimum absolute atomic E-state index is 0.473. The maximum atomic E-state index is 5.38. The molecule has 17 heavy (non-hydrogen) atoms. The second kappa shape index (κ2) is 6.26. The van der Waals surface area contributed by atoms with E-state index in [1.165, 1.54) is 5.56 Å². The molecular weight excluding hydrogens is 210 g/mol. The fourth-order valence-electron chi connectivity index (χ4n) is 2.01. The zero-order chi connectivity index (χ0) is 11.9. The molecule has 0 radical (unpaired) electrons. The van der Waals surface area contributed by atoms with Crippen molar-refractivity contribution in [2.24, 2.45) is 0 Å². The van der Waals surface area contributed by atoms with Crippen LogP contribution in [-0.2, 0) is 12.8 Å². The van der Waals surface area contributed by atoms with Gasteiger partial charge in [-0.3, -0.25) is 0 Å². The van der Waals surface area contributed by atoms with E-state index in [9.17, 15) is 0 Å². The molecule has 1 atom stereocenters. The fourth-order valence-corrected chi connectivity index (χ4v) is 2.01. The molecule has 0 saturated heterocycles. The van der Waals surface area contributed by atoms with Gasteiger partial charge < -0.3 is 9.73 Å². The minimum Gasteiger partial charge on any atom is -0.469 e. The maximum Gasteiger partial charge on any atom is 0.105 e. The van der Waals surface area contributed by atoms with Crippen molar-refractivity contribution in [1.29, 1.82) is 0 Å². The summed E-state index contributed by atoms with van der Waals surface area (Å²) in [6, 6.07) is 15.1. The molecule has 2 rings (SSSR count). The zero-order valence-corrected chi connectivity index (χ0v) is 10.2. The van der Waals surface area contributed by atoms with Crippen LogP contribution in [0.2, 0.25) is 0 Å². The third kappa shape index (κ3) is 3.75. The number of benzene rings is 1. The van der Waals surface area contributed by atoms with Crippen LogP contribution in [0, 0.1) is 0 Å². The van der Waals surface area contributed by atoms with Crippen LogP contribution in [0.15, 0.2) is 53.1 Å². The quantitative estimate of drug-likeness (QED) is 0.823. The Kier molecular flexibility index (Phi) is 4.39. The van der Waals surface area contributed by atoms with Gasteiger partial charge in [0.05, 0.1) is 6.26 Å². The second-order valence-electron chi connectivity index (χ2n) is 4.29. The topological polar surface area (TPSA) is 25.2 Å². The lowest BCUT2D eigenvalue weighted by atomic mass is 10.0. The normalized spacial score (nSPS) is 12.5. The molecule has 90 valence electrons. The summed E-state index contributed by atoms with van der Waals surface area (Å²) < 4.78 is 5.38. The molecule has 0 aliphatic carbocycles. The molecule has 1 aromatic carbocycles. The van der Waals surface area contributed by atoms with Gasteiger partial charge >= 0.3 is 0 Å². The van der Waals surface area contributed by atoms with Crippen molar-refractivity contribution in [3.05, 3.63) is 60.1 Å². The summed E-state index contributed by atoms with van der Waals surface area (Å²) >= 11 is 0. The van der Waals surface area contributed by atoms with Gasteiger partial charge in [0.25, 0.3) is 0 Å².